The summed E-state index contributed by atoms with van der Waals surface area (Å²) in [6.45, 7) is 8.41. The van der Waals surface area contributed by atoms with Crippen molar-refractivity contribution in [3.63, 3.8) is 0 Å². The minimum Gasteiger partial charge on any atom is -0.379 e. The van der Waals surface area contributed by atoms with Crippen LogP contribution in [0.25, 0.3) is 0 Å². The summed E-state index contributed by atoms with van der Waals surface area (Å²) in [5.41, 5.74) is 0.594. The van der Waals surface area contributed by atoms with Crippen molar-refractivity contribution < 1.29 is 14.3 Å². The molecule has 1 saturated heterocycles. The maximum atomic E-state index is 12.7. The van der Waals surface area contributed by atoms with Crippen LogP contribution in [0.1, 0.15) is 43.5 Å². The van der Waals surface area contributed by atoms with Gasteiger partial charge in [0.1, 0.15) is 0 Å². The second-order valence-corrected chi connectivity index (χ2v) is 6.73. The van der Waals surface area contributed by atoms with Gasteiger partial charge in [-0.15, -0.1) is 0 Å². The molecule has 1 amide bonds. The van der Waals surface area contributed by atoms with Gasteiger partial charge in [-0.2, -0.15) is 0 Å². The lowest BCUT2D eigenvalue weighted by Crippen LogP contribution is -2.45. The van der Waals surface area contributed by atoms with Gasteiger partial charge in [-0.3, -0.25) is 14.5 Å². The summed E-state index contributed by atoms with van der Waals surface area (Å²) in [5, 5.41) is 2.95. The van der Waals surface area contributed by atoms with Crippen LogP contribution in [0.4, 0.5) is 0 Å². The molecule has 138 valence electrons. The van der Waals surface area contributed by atoms with Crippen LogP contribution in [0.3, 0.4) is 0 Å². The molecule has 2 atom stereocenters. The van der Waals surface area contributed by atoms with Gasteiger partial charge < -0.3 is 10.1 Å². The van der Waals surface area contributed by atoms with Crippen molar-refractivity contribution in [3.8, 4) is 0 Å². The molecular formula is C20H30N2O3. The lowest BCUT2D eigenvalue weighted by atomic mass is 9.92. The van der Waals surface area contributed by atoms with Gasteiger partial charge in [0.15, 0.2) is 5.78 Å². The number of Topliss-reactive ketones (excluding diaryl/α,β-unsaturated/α-hetero) is 1. The van der Waals surface area contributed by atoms with Crippen LogP contribution < -0.4 is 5.32 Å². The Bertz CT molecular complexity index is 541. The molecule has 2 unspecified atom stereocenters. The number of amides is 1. The summed E-state index contributed by atoms with van der Waals surface area (Å²) in [4.78, 5) is 27.4. The third kappa shape index (κ3) is 6.25. The number of hydrogen-bond donors (Lipinski definition) is 1. The van der Waals surface area contributed by atoms with E-state index < -0.39 is 6.04 Å². The third-order valence-corrected chi connectivity index (χ3v) is 4.88. The van der Waals surface area contributed by atoms with Crippen molar-refractivity contribution in [3.05, 3.63) is 35.9 Å². The minimum atomic E-state index is -0.414. The van der Waals surface area contributed by atoms with Gasteiger partial charge in [-0.05, 0) is 31.0 Å². The van der Waals surface area contributed by atoms with Gasteiger partial charge in [0.25, 0.3) is 5.91 Å². The average Bonchev–Trinajstić information content (AvgIpc) is 2.66. The molecule has 0 saturated carbocycles. The summed E-state index contributed by atoms with van der Waals surface area (Å²) >= 11 is 0. The molecule has 5 heteroatoms. The highest BCUT2D eigenvalue weighted by Crippen LogP contribution is 2.13. The third-order valence-electron chi connectivity index (χ3n) is 4.88. The summed E-state index contributed by atoms with van der Waals surface area (Å²) in [6.07, 6.45) is 2.18. The van der Waals surface area contributed by atoms with E-state index in [2.05, 4.69) is 10.2 Å². The number of rotatable bonds is 9. The Morgan fingerprint density at radius 1 is 1.20 bits per heavy atom. The fourth-order valence-corrected chi connectivity index (χ4v) is 3.05. The number of ether oxygens (including phenoxy) is 1. The summed E-state index contributed by atoms with van der Waals surface area (Å²) < 4.78 is 5.34. The molecule has 25 heavy (non-hydrogen) atoms. The maximum Gasteiger partial charge on any atom is 0.251 e. The first-order valence-electron chi connectivity index (χ1n) is 9.30. The highest BCUT2D eigenvalue weighted by Gasteiger charge is 2.26. The number of carbonyl (C=O) groups excluding carboxylic acids is 2. The molecular weight excluding hydrogens is 316 g/mol. The van der Waals surface area contributed by atoms with E-state index in [9.17, 15) is 9.59 Å². The molecule has 1 aliphatic rings. The molecule has 0 bridgehead atoms. The Labute approximate surface area is 150 Å². The lowest BCUT2D eigenvalue weighted by molar-refractivity contribution is -0.122. The van der Waals surface area contributed by atoms with E-state index in [1.807, 2.05) is 32.0 Å². The second-order valence-electron chi connectivity index (χ2n) is 6.73. The molecule has 0 radical (unpaired) electrons. The Balaban J connectivity index is 1.87. The topological polar surface area (TPSA) is 58.6 Å². The van der Waals surface area contributed by atoms with Gasteiger partial charge >= 0.3 is 0 Å². The predicted octanol–water partition coefficient (Wildman–Crippen LogP) is 2.51. The van der Waals surface area contributed by atoms with E-state index in [1.54, 1.807) is 12.1 Å². The Kier molecular flexibility index (Phi) is 8.09. The normalized spacial score (nSPS) is 17.7. The number of ketones is 1. The van der Waals surface area contributed by atoms with Gasteiger partial charge in [-0.1, -0.05) is 38.5 Å². The number of carbonyl (C=O) groups is 2. The van der Waals surface area contributed by atoms with Crippen LogP contribution in [-0.2, 0) is 9.53 Å². The van der Waals surface area contributed by atoms with Crippen LogP contribution in [0, 0.1) is 5.92 Å². The fourth-order valence-electron chi connectivity index (χ4n) is 3.05. The van der Waals surface area contributed by atoms with E-state index >= 15 is 0 Å². The van der Waals surface area contributed by atoms with Crippen LogP contribution in [0.15, 0.2) is 30.3 Å². The lowest BCUT2D eigenvalue weighted by Gasteiger charge is -2.27. The summed E-state index contributed by atoms with van der Waals surface area (Å²) in [5.74, 6) is 0.0860. The van der Waals surface area contributed by atoms with Crippen LogP contribution in [-0.4, -0.2) is 55.5 Å². The molecule has 1 heterocycles. The Morgan fingerprint density at radius 2 is 1.88 bits per heavy atom. The zero-order chi connectivity index (χ0) is 18.1. The summed E-state index contributed by atoms with van der Waals surface area (Å²) in [7, 11) is 0. The van der Waals surface area contributed by atoms with E-state index in [1.165, 1.54) is 0 Å². The Morgan fingerprint density at radius 3 is 2.52 bits per heavy atom. The molecule has 1 aromatic rings. The van der Waals surface area contributed by atoms with Crippen LogP contribution >= 0.6 is 0 Å². The smallest absolute Gasteiger partial charge is 0.251 e. The standard InChI is InChI=1S/C20H30N2O3/c1-3-16(2)19(21-20(24)17-8-5-4-6-9-17)18(23)10-7-11-22-12-14-25-15-13-22/h4-6,8-9,16,19H,3,7,10-15H2,1-2H3,(H,21,24). The molecule has 5 nitrogen and oxygen atoms in total. The predicted molar refractivity (Wildman–Crippen MR) is 98.7 cm³/mol. The first-order chi connectivity index (χ1) is 12.1. The highest BCUT2D eigenvalue weighted by molar-refractivity contribution is 5.98. The molecule has 0 aromatic heterocycles. The van der Waals surface area contributed by atoms with Crippen molar-refractivity contribution in [2.75, 3.05) is 32.8 Å². The zero-order valence-corrected chi connectivity index (χ0v) is 15.4. The van der Waals surface area contributed by atoms with Crippen molar-refractivity contribution in [1.82, 2.24) is 10.2 Å². The Hall–Kier alpha value is -1.72. The first kappa shape index (κ1) is 19.6. The van der Waals surface area contributed by atoms with Gasteiger partial charge in [0.2, 0.25) is 0 Å². The molecule has 2 rings (SSSR count). The number of nitrogens with zero attached hydrogens (tertiary/aromatic N) is 1. The van der Waals surface area contributed by atoms with Gasteiger partial charge in [0.05, 0.1) is 19.3 Å². The number of benzene rings is 1. The molecule has 1 aromatic carbocycles. The van der Waals surface area contributed by atoms with Crippen molar-refractivity contribution in [1.29, 1.82) is 0 Å². The first-order valence-corrected chi connectivity index (χ1v) is 9.30. The van der Waals surface area contributed by atoms with Crippen LogP contribution in [0.5, 0.6) is 0 Å². The monoisotopic (exact) mass is 346 g/mol. The van der Waals surface area contributed by atoms with E-state index in [-0.39, 0.29) is 17.6 Å². The van der Waals surface area contributed by atoms with Gasteiger partial charge in [0, 0.05) is 25.1 Å². The number of hydrogen-bond acceptors (Lipinski definition) is 4. The maximum absolute atomic E-state index is 12.7. The van der Waals surface area contributed by atoms with Crippen molar-refractivity contribution in [2.45, 2.75) is 39.2 Å². The van der Waals surface area contributed by atoms with Crippen LogP contribution in [0.2, 0.25) is 0 Å². The summed E-state index contributed by atoms with van der Waals surface area (Å²) in [6, 6.07) is 8.66. The second kappa shape index (κ2) is 10.3. The van der Waals surface area contributed by atoms with Gasteiger partial charge in [-0.25, -0.2) is 0 Å². The molecule has 0 spiro atoms. The highest BCUT2D eigenvalue weighted by atomic mass is 16.5. The van der Waals surface area contributed by atoms with E-state index in [0.717, 1.165) is 45.7 Å². The minimum absolute atomic E-state index is 0.128. The van der Waals surface area contributed by atoms with E-state index in [0.29, 0.717) is 12.0 Å². The average molecular weight is 346 g/mol. The van der Waals surface area contributed by atoms with Crippen molar-refractivity contribution >= 4 is 11.7 Å². The molecule has 0 aliphatic carbocycles. The largest absolute Gasteiger partial charge is 0.379 e. The zero-order valence-electron chi connectivity index (χ0n) is 15.4. The SMILES string of the molecule is CCC(C)C(NC(=O)c1ccccc1)C(=O)CCCN1CCOCC1. The number of morpholine rings is 1. The van der Waals surface area contributed by atoms with Crippen molar-refractivity contribution in [2.24, 2.45) is 5.92 Å². The number of nitrogens with one attached hydrogen (secondary N) is 1. The molecule has 1 aliphatic heterocycles. The molecule has 1 fully saturated rings. The molecule has 1 N–H and O–H groups in total. The quantitative estimate of drug-likeness (QED) is 0.746. The van der Waals surface area contributed by atoms with E-state index in [4.69, 9.17) is 4.74 Å². The fraction of sp³-hybridized carbons (Fsp3) is 0.600.